The minimum Gasteiger partial charge on any atom is -0.436 e. The van der Waals surface area contributed by atoms with Crippen LogP contribution in [0.25, 0.3) is 32.9 Å². The Kier molecular flexibility index (Phi) is 4.76. The van der Waals surface area contributed by atoms with Gasteiger partial charge in [0.2, 0.25) is 0 Å². The third-order valence-electron chi connectivity index (χ3n) is 4.54. The van der Waals surface area contributed by atoms with Gasteiger partial charge in [-0.15, -0.1) is 11.3 Å². The predicted molar refractivity (Wildman–Crippen MR) is 119 cm³/mol. The van der Waals surface area contributed by atoms with Crippen molar-refractivity contribution in [1.29, 1.82) is 0 Å². The zero-order chi connectivity index (χ0) is 21.5. The molecule has 0 aliphatic carbocycles. The highest BCUT2D eigenvalue weighted by atomic mass is 35.5. The molecule has 154 valence electrons. The normalized spacial score (nSPS) is 11.2. The lowest BCUT2D eigenvalue weighted by molar-refractivity contribution is 0.462. The van der Waals surface area contributed by atoms with E-state index in [1.165, 1.54) is 35.6 Å². The van der Waals surface area contributed by atoms with Crippen LogP contribution in [0.15, 0.2) is 54.2 Å². The topological polar surface area (TPSA) is 91.7 Å². The molecule has 0 saturated carbocycles. The number of thiazole rings is 1. The summed E-state index contributed by atoms with van der Waals surface area (Å²) in [6.45, 7) is 0. The van der Waals surface area contributed by atoms with Gasteiger partial charge in [0.1, 0.15) is 28.6 Å². The fourth-order valence-corrected chi connectivity index (χ4v) is 4.17. The molecule has 0 amide bonds. The molecule has 2 aromatic carbocycles. The summed E-state index contributed by atoms with van der Waals surface area (Å²) in [5.41, 5.74) is 10.9. The molecule has 0 bridgehead atoms. The van der Waals surface area contributed by atoms with Gasteiger partial charge in [-0.1, -0.05) is 11.6 Å². The third kappa shape index (κ3) is 3.69. The van der Waals surface area contributed by atoms with Crippen molar-refractivity contribution >= 4 is 39.0 Å². The van der Waals surface area contributed by atoms with E-state index in [2.05, 4.69) is 20.1 Å². The predicted octanol–water partition coefficient (Wildman–Crippen LogP) is 5.32. The van der Waals surface area contributed by atoms with Crippen LogP contribution in [0.3, 0.4) is 0 Å². The lowest BCUT2D eigenvalue weighted by Crippen LogP contribution is -2.03. The molecule has 0 aliphatic rings. The number of hydrogen-bond acceptors (Lipinski definition) is 7. The van der Waals surface area contributed by atoms with Crippen molar-refractivity contribution in [3.63, 3.8) is 0 Å². The van der Waals surface area contributed by atoms with E-state index in [-0.39, 0.29) is 17.5 Å². The van der Waals surface area contributed by atoms with Crippen molar-refractivity contribution in [2.75, 3.05) is 5.73 Å². The monoisotopic (exact) mass is 452 g/mol. The maximum Gasteiger partial charge on any atom is 0.263 e. The Bertz CT molecular complexity index is 1420. The molecule has 10 heteroatoms. The molecule has 0 radical (unpaired) electrons. The smallest absolute Gasteiger partial charge is 0.263 e. The number of aromatic nitrogens is 5. The van der Waals surface area contributed by atoms with Gasteiger partial charge in [0, 0.05) is 18.8 Å². The molecule has 0 fully saturated rings. The first kappa shape index (κ1) is 19.4. The quantitative estimate of drug-likeness (QED) is 0.396. The van der Waals surface area contributed by atoms with Crippen LogP contribution in [0.4, 0.5) is 10.2 Å². The number of halogens is 2. The first-order chi connectivity index (χ1) is 15.0. The molecule has 3 aromatic heterocycles. The molecule has 5 rings (SSSR count). The van der Waals surface area contributed by atoms with E-state index in [1.807, 2.05) is 19.2 Å². The molecule has 0 atom stereocenters. The SMILES string of the molecule is Cn1ccc(-c2nc(N)c(Oc3ccc(F)cc3)nc2-c2cc(Cl)c3ncsc3c2)n1. The summed E-state index contributed by atoms with van der Waals surface area (Å²) in [5, 5.41) is 4.94. The molecule has 31 heavy (non-hydrogen) atoms. The zero-order valence-corrected chi connectivity index (χ0v) is 17.7. The summed E-state index contributed by atoms with van der Waals surface area (Å²) in [5.74, 6) is 0.195. The van der Waals surface area contributed by atoms with Gasteiger partial charge in [0.25, 0.3) is 5.88 Å². The first-order valence-corrected chi connectivity index (χ1v) is 10.4. The van der Waals surface area contributed by atoms with Crippen LogP contribution in [-0.4, -0.2) is 24.7 Å². The molecular weight excluding hydrogens is 439 g/mol. The van der Waals surface area contributed by atoms with E-state index in [0.717, 1.165) is 15.8 Å². The number of nitrogens with zero attached hydrogens (tertiary/aromatic N) is 5. The molecule has 0 unspecified atom stereocenters. The second kappa shape index (κ2) is 7.60. The average Bonchev–Trinajstić information content (AvgIpc) is 3.40. The molecule has 0 saturated heterocycles. The molecule has 7 nitrogen and oxygen atoms in total. The number of anilines is 1. The number of nitrogens with two attached hydrogens (primary N) is 1. The highest BCUT2D eigenvalue weighted by Gasteiger charge is 2.20. The van der Waals surface area contributed by atoms with Gasteiger partial charge in [-0.05, 0) is 42.5 Å². The second-order valence-electron chi connectivity index (χ2n) is 6.70. The third-order valence-corrected chi connectivity index (χ3v) is 5.60. The van der Waals surface area contributed by atoms with Gasteiger partial charge in [-0.2, -0.15) is 5.10 Å². The molecule has 0 aliphatic heterocycles. The Morgan fingerprint density at radius 3 is 2.65 bits per heavy atom. The molecule has 3 heterocycles. The van der Waals surface area contributed by atoms with Crippen LogP contribution in [0, 0.1) is 5.82 Å². The number of benzene rings is 2. The van der Waals surface area contributed by atoms with E-state index in [0.29, 0.717) is 27.9 Å². The molecular formula is C21H14ClFN6OS. The van der Waals surface area contributed by atoms with Crippen molar-refractivity contribution in [3.8, 4) is 34.3 Å². The second-order valence-corrected chi connectivity index (χ2v) is 7.99. The molecule has 5 aromatic rings. The highest BCUT2D eigenvalue weighted by Crippen LogP contribution is 2.37. The van der Waals surface area contributed by atoms with Gasteiger partial charge in [0.05, 0.1) is 20.7 Å². The van der Waals surface area contributed by atoms with Gasteiger partial charge >= 0.3 is 0 Å². The Morgan fingerprint density at radius 2 is 1.90 bits per heavy atom. The maximum absolute atomic E-state index is 13.2. The van der Waals surface area contributed by atoms with E-state index in [9.17, 15) is 4.39 Å². The number of rotatable bonds is 4. The zero-order valence-electron chi connectivity index (χ0n) is 16.1. The Hall–Kier alpha value is -3.56. The van der Waals surface area contributed by atoms with Crippen LogP contribution in [0.1, 0.15) is 0 Å². The minimum atomic E-state index is -0.370. The summed E-state index contributed by atoms with van der Waals surface area (Å²) < 4.78 is 21.6. The Labute approximate surface area is 184 Å². The van der Waals surface area contributed by atoms with E-state index >= 15 is 0 Å². The largest absolute Gasteiger partial charge is 0.436 e. The minimum absolute atomic E-state index is 0.0821. The first-order valence-electron chi connectivity index (χ1n) is 9.12. The fourth-order valence-electron chi connectivity index (χ4n) is 3.11. The number of fused-ring (bicyclic) bond motifs is 1. The van der Waals surface area contributed by atoms with Crippen molar-refractivity contribution in [3.05, 3.63) is 65.0 Å². The Balaban J connectivity index is 1.69. The summed E-state index contributed by atoms with van der Waals surface area (Å²) in [6.07, 6.45) is 1.80. The summed E-state index contributed by atoms with van der Waals surface area (Å²) in [4.78, 5) is 13.5. The van der Waals surface area contributed by atoms with Crippen LogP contribution in [0.2, 0.25) is 5.02 Å². The lowest BCUT2D eigenvalue weighted by Gasteiger charge is -2.13. The summed E-state index contributed by atoms with van der Waals surface area (Å²) in [6, 6.07) is 11.1. The van der Waals surface area contributed by atoms with Gasteiger partial charge in [0.15, 0.2) is 5.82 Å². The van der Waals surface area contributed by atoms with Crippen LogP contribution < -0.4 is 10.5 Å². The van der Waals surface area contributed by atoms with Crippen LogP contribution >= 0.6 is 22.9 Å². The van der Waals surface area contributed by atoms with Crippen molar-refractivity contribution in [1.82, 2.24) is 24.7 Å². The number of aryl methyl sites for hydroxylation is 1. The summed E-state index contributed by atoms with van der Waals surface area (Å²) in [7, 11) is 1.81. The Morgan fingerprint density at radius 1 is 1.10 bits per heavy atom. The fraction of sp³-hybridized carbons (Fsp3) is 0.0476. The maximum atomic E-state index is 13.2. The van der Waals surface area contributed by atoms with E-state index in [1.54, 1.807) is 22.5 Å². The average molecular weight is 453 g/mol. The van der Waals surface area contributed by atoms with Crippen molar-refractivity contribution < 1.29 is 9.13 Å². The standard InChI is InChI=1S/C21H14ClFN6OS/c1-29-7-6-15(28-29)19-17(11-8-14(22)18-16(9-11)31-10-25-18)27-21(20(24)26-19)30-13-4-2-12(23)3-5-13/h2-10H,1H3,(H2,24,26). The number of nitrogen functional groups attached to an aromatic ring is 1. The summed E-state index contributed by atoms with van der Waals surface area (Å²) >= 11 is 7.93. The molecule has 0 spiro atoms. The van der Waals surface area contributed by atoms with Gasteiger partial charge < -0.3 is 10.5 Å². The number of hydrogen-bond donors (Lipinski definition) is 1. The lowest BCUT2D eigenvalue weighted by atomic mass is 10.1. The molecule has 2 N–H and O–H groups in total. The van der Waals surface area contributed by atoms with E-state index in [4.69, 9.17) is 22.1 Å². The highest BCUT2D eigenvalue weighted by molar-refractivity contribution is 7.16. The van der Waals surface area contributed by atoms with Gasteiger partial charge in [-0.3, -0.25) is 4.68 Å². The van der Waals surface area contributed by atoms with Crippen LogP contribution in [0.5, 0.6) is 11.6 Å². The van der Waals surface area contributed by atoms with E-state index < -0.39 is 0 Å². The van der Waals surface area contributed by atoms with Crippen molar-refractivity contribution in [2.24, 2.45) is 7.05 Å². The van der Waals surface area contributed by atoms with Crippen LogP contribution in [-0.2, 0) is 7.05 Å². The van der Waals surface area contributed by atoms with Gasteiger partial charge in [-0.25, -0.2) is 19.3 Å². The van der Waals surface area contributed by atoms with Crippen molar-refractivity contribution in [2.45, 2.75) is 0 Å². The number of ether oxygens (including phenoxy) is 1.